The van der Waals surface area contributed by atoms with Crippen molar-refractivity contribution >= 4 is 45.8 Å². The van der Waals surface area contributed by atoms with E-state index in [-0.39, 0.29) is 54.2 Å². The molecule has 3 heterocycles. The van der Waals surface area contributed by atoms with E-state index in [9.17, 15) is 12.8 Å². The van der Waals surface area contributed by atoms with E-state index in [0.717, 1.165) is 25.7 Å². The fourth-order valence-electron chi connectivity index (χ4n) is 3.63. The van der Waals surface area contributed by atoms with Gasteiger partial charge >= 0.3 is 0 Å². The molecule has 3 N–H and O–H groups in total. The van der Waals surface area contributed by atoms with Crippen LogP contribution in [0, 0.1) is 5.82 Å². The highest BCUT2D eigenvalue weighted by Crippen LogP contribution is 2.20. The number of guanidine groups is 1. The number of sulfonamides is 1. The van der Waals surface area contributed by atoms with Gasteiger partial charge < -0.3 is 20.3 Å². The Bertz CT molecular complexity index is 823. The molecule has 0 bridgehead atoms. The molecule has 1 aromatic rings. The second kappa shape index (κ2) is 12.7. The second-order valence-corrected chi connectivity index (χ2v) is 9.47. The molecule has 0 spiro atoms. The van der Waals surface area contributed by atoms with Gasteiger partial charge in [-0.05, 0) is 37.8 Å². The number of rotatable bonds is 8. The average molecular weight is 570 g/mol. The highest BCUT2D eigenvalue weighted by atomic mass is 127. The largest absolute Gasteiger partial charge is 0.377 e. The topological polar surface area (TPSA) is 108 Å². The van der Waals surface area contributed by atoms with E-state index >= 15 is 0 Å². The fraction of sp³-hybridized carbons (Fsp3) is 0.684. The van der Waals surface area contributed by atoms with Crippen molar-refractivity contribution in [1.82, 2.24) is 20.3 Å². The van der Waals surface area contributed by atoms with E-state index < -0.39 is 10.0 Å². The summed E-state index contributed by atoms with van der Waals surface area (Å²) in [5.41, 5.74) is 0. The summed E-state index contributed by atoms with van der Waals surface area (Å²) < 4.78 is 46.5. The van der Waals surface area contributed by atoms with E-state index in [0.29, 0.717) is 38.0 Å². The van der Waals surface area contributed by atoms with Gasteiger partial charge in [-0.3, -0.25) is 4.99 Å². The zero-order valence-corrected chi connectivity index (χ0v) is 20.9. The predicted molar refractivity (Wildman–Crippen MR) is 130 cm³/mol. The summed E-state index contributed by atoms with van der Waals surface area (Å²) in [6.45, 7) is 2.52. The highest BCUT2D eigenvalue weighted by molar-refractivity contribution is 14.0. The van der Waals surface area contributed by atoms with E-state index in [1.165, 1.54) is 6.07 Å². The molecule has 2 saturated heterocycles. The number of hydrogen-bond acceptors (Lipinski definition) is 6. The van der Waals surface area contributed by atoms with Crippen LogP contribution in [0.3, 0.4) is 0 Å². The van der Waals surface area contributed by atoms with Gasteiger partial charge in [-0.15, -0.1) is 24.0 Å². The van der Waals surface area contributed by atoms with Crippen molar-refractivity contribution in [2.75, 3.05) is 50.5 Å². The van der Waals surface area contributed by atoms with Crippen molar-refractivity contribution in [3.63, 3.8) is 0 Å². The number of pyridine rings is 1. The van der Waals surface area contributed by atoms with Gasteiger partial charge in [-0.1, -0.05) is 0 Å². The lowest BCUT2D eigenvalue weighted by Crippen LogP contribution is -2.46. The Balaban J connectivity index is 0.00000341. The summed E-state index contributed by atoms with van der Waals surface area (Å²) >= 11 is 0. The Morgan fingerprint density at radius 2 is 2.23 bits per heavy atom. The lowest BCUT2D eigenvalue weighted by molar-refractivity contribution is 0.0200. The number of hydrogen-bond donors (Lipinski definition) is 3. The van der Waals surface area contributed by atoms with Crippen LogP contribution in [0.4, 0.5) is 10.2 Å². The predicted octanol–water partition coefficient (Wildman–Crippen LogP) is 1.07. The number of nitrogens with zero attached hydrogens (tertiary/aromatic N) is 3. The van der Waals surface area contributed by atoms with E-state index in [1.807, 2.05) is 4.90 Å². The maximum Gasteiger partial charge on any atom is 0.213 e. The van der Waals surface area contributed by atoms with Crippen molar-refractivity contribution in [2.45, 2.75) is 37.8 Å². The first kappa shape index (κ1) is 26.0. The summed E-state index contributed by atoms with van der Waals surface area (Å²) in [5.74, 6) is 0.478. The van der Waals surface area contributed by atoms with Crippen LogP contribution in [0.25, 0.3) is 0 Å². The summed E-state index contributed by atoms with van der Waals surface area (Å²) in [6.07, 6.45) is 5.34. The van der Waals surface area contributed by atoms with Crippen LogP contribution >= 0.6 is 24.0 Å². The normalized spacial score (nSPS) is 22.1. The van der Waals surface area contributed by atoms with Crippen molar-refractivity contribution < 1.29 is 17.5 Å². The van der Waals surface area contributed by atoms with Crippen molar-refractivity contribution in [2.24, 2.45) is 4.99 Å². The standard InChI is InChI=1S/C19H31FN6O3S.HI/c1-21-19(23-9-12-30(27,28)24-13-16-5-2-3-11-29-16)25-15-7-10-26(14-15)18-17(20)6-4-8-22-18;/h4,6,8,15-16,24H,2-3,5,7,9-14H2,1H3,(H2,21,23,25);1H. The maximum atomic E-state index is 13.9. The van der Waals surface area contributed by atoms with Gasteiger partial charge in [0.2, 0.25) is 10.0 Å². The van der Waals surface area contributed by atoms with E-state index in [2.05, 4.69) is 25.3 Å². The molecular weight excluding hydrogens is 538 g/mol. The SMILES string of the molecule is CN=C(NCCS(=O)(=O)NCC1CCCCO1)NC1CCN(c2ncccc2F)C1.I. The third-order valence-corrected chi connectivity index (χ3v) is 6.61. The molecule has 0 saturated carbocycles. The summed E-state index contributed by atoms with van der Waals surface area (Å²) in [4.78, 5) is 10.2. The lowest BCUT2D eigenvalue weighted by atomic mass is 10.1. The molecule has 2 aliphatic heterocycles. The Kier molecular flexibility index (Phi) is 10.7. The summed E-state index contributed by atoms with van der Waals surface area (Å²) in [7, 11) is -1.76. The minimum absolute atomic E-state index is 0. The molecule has 2 fully saturated rings. The first-order valence-corrected chi connectivity index (χ1v) is 12.0. The monoisotopic (exact) mass is 570 g/mol. The van der Waals surface area contributed by atoms with Crippen LogP contribution in [0.1, 0.15) is 25.7 Å². The molecule has 0 radical (unpaired) electrons. The Morgan fingerprint density at radius 1 is 1.39 bits per heavy atom. The van der Waals surface area contributed by atoms with Crippen LogP contribution in [-0.2, 0) is 14.8 Å². The molecule has 31 heavy (non-hydrogen) atoms. The molecule has 2 unspecified atom stereocenters. The molecular formula is C19H32FIN6O3S. The fourth-order valence-corrected chi connectivity index (χ4v) is 4.59. The van der Waals surface area contributed by atoms with E-state index in [4.69, 9.17) is 4.74 Å². The van der Waals surface area contributed by atoms with Crippen LogP contribution in [0.5, 0.6) is 0 Å². The number of halogens is 2. The molecule has 12 heteroatoms. The quantitative estimate of drug-likeness (QED) is 0.244. The van der Waals surface area contributed by atoms with Crippen LogP contribution in [0.15, 0.2) is 23.3 Å². The minimum atomic E-state index is -3.40. The number of nitrogens with one attached hydrogen (secondary N) is 3. The van der Waals surface area contributed by atoms with Gasteiger partial charge in [0.15, 0.2) is 17.6 Å². The number of anilines is 1. The number of aliphatic imine (C=N–C) groups is 1. The number of ether oxygens (including phenoxy) is 1. The minimum Gasteiger partial charge on any atom is -0.377 e. The molecule has 2 atom stereocenters. The molecule has 0 amide bonds. The Morgan fingerprint density at radius 3 is 2.94 bits per heavy atom. The molecule has 0 aromatic carbocycles. The number of aromatic nitrogens is 1. The molecule has 176 valence electrons. The smallest absolute Gasteiger partial charge is 0.213 e. The zero-order valence-electron chi connectivity index (χ0n) is 17.7. The molecule has 1 aromatic heterocycles. The molecule has 2 aliphatic rings. The van der Waals surface area contributed by atoms with Gasteiger partial charge in [-0.25, -0.2) is 22.5 Å². The van der Waals surface area contributed by atoms with Gasteiger partial charge in [0.1, 0.15) is 0 Å². The van der Waals surface area contributed by atoms with Gasteiger partial charge in [0.05, 0.1) is 11.9 Å². The van der Waals surface area contributed by atoms with Crippen LogP contribution in [0.2, 0.25) is 0 Å². The zero-order chi connectivity index (χ0) is 21.4. The summed E-state index contributed by atoms with van der Waals surface area (Å²) in [6, 6.07) is 3.04. The molecule has 3 rings (SSSR count). The van der Waals surface area contributed by atoms with Crippen molar-refractivity contribution in [3.05, 3.63) is 24.1 Å². The highest BCUT2D eigenvalue weighted by Gasteiger charge is 2.26. The van der Waals surface area contributed by atoms with Crippen molar-refractivity contribution in [3.8, 4) is 0 Å². The van der Waals surface area contributed by atoms with Crippen LogP contribution < -0.4 is 20.3 Å². The average Bonchev–Trinajstić information content (AvgIpc) is 3.21. The van der Waals surface area contributed by atoms with Crippen molar-refractivity contribution in [1.29, 1.82) is 0 Å². The first-order valence-electron chi connectivity index (χ1n) is 10.4. The molecule has 0 aliphatic carbocycles. The molecule has 9 nitrogen and oxygen atoms in total. The summed E-state index contributed by atoms with van der Waals surface area (Å²) in [5, 5.41) is 6.30. The van der Waals surface area contributed by atoms with Gasteiger partial charge in [-0.2, -0.15) is 0 Å². The third kappa shape index (κ3) is 8.31. The van der Waals surface area contributed by atoms with Crippen LogP contribution in [-0.4, -0.2) is 77.1 Å². The maximum absolute atomic E-state index is 13.9. The first-order chi connectivity index (χ1) is 14.5. The van der Waals surface area contributed by atoms with Gasteiger partial charge in [0.25, 0.3) is 0 Å². The Hall–Kier alpha value is -1.25. The van der Waals surface area contributed by atoms with Gasteiger partial charge in [0, 0.05) is 52.1 Å². The van der Waals surface area contributed by atoms with E-state index in [1.54, 1.807) is 19.3 Å². The second-order valence-electron chi connectivity index (χ2n) is 7.54. The lowest BCUT2D eigenvalue weighted by Gasteiger charge is -2.22. The Labute approximate surface area is 200 Å². The third-order valence-electron chi connectivity index (χ3n) is 5.26.